The van der Waals surface area contributed by atoms with E-state index in [1.165, 1.54) is 6.92 Å². The number of hydrogen-bond acceptors (Lipinski definition) is 2. The van der Waals surface area contributed by atoms with E-state index < -0.39 is 5.92 Å². The predicted octanol–water partition coefficient (Wildman–Crippen LogP) is 4.49. The molecule has 0 bridgehead atoms. The molecule has 0 heterocycles. The Morgan fingerprint density at radius 1 is 1.22 bits per heavy atom. The summed E-state index contributed by atoms with van der Waals surface area (Å²) in [7, 11) is 0. The van der Waals surface area contributed by atoms with Crippen molar-refractivity contribution in [2.45, 2.75) is 64.7 Å². The molecule has 0 rings (SSSR count). The highest BCUT2D eigenvalue weighted by atomic mass is 19.3. The Hall–Kier alpha value is -0.930. The molecule has 0 saturated carbocycles. The summed E-state index contributed by atoms with van der Waals surface area (Å²) in [5.74, 6) is -2.96. The molecule has 4 heteroatoms. The van der Waals surface area contributed by atoms with E-state index in [1.807, 2.05) is 6.92 Å². The highest BCUT2D eigenvalue weighted by Gasteiger charge is 2.23. The molecule has 0 fully saturated rings. The monoisotopic (exact) mass is 262 g/mol. The first-order chi connectivity index (χ1) is 8.48. The number of allylic oxidation sites excluding steroid dienone is 2. The fraction of sp³-hybridized carbons (Fsp3) is 0.786. The largest absolute Gasteiger partial charge is 0.466 e. The summed E-state index contributed by atoms with van der Waals surface area (Å²) in [5.41, 5.74) is 0. The number of carbonyl (C=O) groups is 1. The molecule has 0 aromatic rings. The van der Waals surface area contributed by atoms with Crippen LogP contribution < -0.4 is 0 Å². The summed E-state index contributed by atoms with van der Waals surface area (Å²) in [4.78, 5) is 10.5. The third-order valence-corrected chi connectivity index (χ3v) is 2.53. The van der Waals surface area contributed by atoms with Gasteiger partial charge in [-0.3, -0.25) is 4.79 Å². The van der Waals surface area contributed by atoms with E-state index in [9.17, 15) is 13.6 Å². The number of hydrogen-bond donors (Lipinski definition) is 0. The van der Waals surface area contributed by atoms with Crippen LogP contribution in [0.4, 0.5) is 8.78 Å². The Morgan fingerprint density at radius 3 is 2.50 bits per heavy atom. The second kappa shape index (κ2) is 10.0. The van der Waals surface area contributed by atoms with Crippen molar-refractivity contribution in [1.29, 1.82) is 0 Å². The van der Waals surface area contributed by atoms with Gasteiger partial charge in [0, 0.05) is 13.3 Å². The fourth-order valence-electron chi connectivity index (χ4n) is 1.54. The van der Waals surface area contributed by atoms with Gasteiger partial charge in [-0.1, -0.05) is 32.3 Å². The molecule has 0 spiro atoms. The maximum Gasteiger partial charge on any atom is 0.302 e. The molecule has 0 aliphatic heterocycles. The van der Waals surface area contributed by atoms with Gasteiger partial charge >= 0.3 is 5.97 Å². The molecular weight excluding hydrogens is 238 g/mol. The third kappa shape index (κ3) is 11.6. The molecule has 0 unspecified atom stereocenters. The topological polar surface area (TPSA) is 26.3 Å². The van der Waals surface area contributed by atoms with Crippen LogP contribution in [0.15, 0.2) is 12.2 Å². The molecule has 0 N–H and O–H groups in total. The van der Waals surface area contributed by atoms with Gasteiger partial charge in [-0.15, -0.1) is 0 Å². The number of carbonyl (C=O) groups excluding carboxylic acids is 1. The van der Waals surface area contributed by atoms with Gasteiger partial charge in [0.05, 0.1) is 6.61 Å². The maximum absolute atomic E-state index is 13.3. The minimum atomic E-state index is -2.68. The summed E-state index contributed by atoms with van der Waals surface area (Å²) in [5, 5.41) is 0. The van der Waals surface area contributed by atoms with Crippen LogP contribution in [-0.2, 0) is 9.53 Å². The van der Waals surface area contributed by atoms with E-state index in [-0.39, 0.29) is 12.4 Å². The average Bonchev–Trinajstić information content (AvgIpc) is 2.27. The Balaban J connectivity index is 3.49. The lowest BCUT2D eigenvalue weighted by Gasteiger charge is -2.11. The molecule has 0 atom stereocenters. The van der Waals surface area contributed by atoms with Crippen LogP contribution >= 0.6 is 0 Å². The van der Waals surface area contributed by atoms with Crippen molar-refractivity contribution in [2.24, 2.45) is 0 Å². The number of alkyl halides is 2. The maximum atomic E-state index is 13.3. The van der Waals surface area contributed by atoms with E-state index in [0.29, 0.717) is 19.4 Å². The van der Waals surface area contributed by atoms with E-state index in [0.717, 1.165) is 31.8 Å². The van der Waals surface area contributed by atoms with Crippen LogP contribution in [0.25, 0.3) is 0 Å². The molecule has 0 aliphatic carbocycles. The molecule has 0 radical (unpaired) electrons. The highest BCUT2D eigenvalue weighted by molar-refractivity contribution is 5.65. The predicted molar refractivity (Wildman–Crippen MR) is 68.7 cm³/mol. The number of rotatable bonds is 10. The van der Waals surface area contributed by atoms with Crippen molar-refractivity contribution in [3.05, 3.63) is 12.2 Å². The number of halogens is 2. The Kier molecular flexibility index (Phi) is 9.52. The third-order valence-electron chi connectivity index (χ3n) is 2.53. The molecule has 0 aromatic heterocycles. The second-order valence-corrected chi connectivity index (χ2v) is 4.46. The number of esters is 1. The van der Waals surface area contributed by atoms with Gasteiger partial charge in [-0.05, 0) is 25.3 Å². The lowest BCUT2D eigenvalue weighted by Crippen LogP contribution is -2.11. The Bertz CT molecular complexity index is 250. The minimum Gasteiger partial charge on any atom is -0.466 e. The Morgan fingerprint density at radius 2 is 1.89 bits per heavy atom. The number of unbranched alkanes of at least 4 members (excludes halogenated alkanes) is 4. The van der Waals surface area contributed by atoms with Gasteiger partial charge in [-0.25, -0.2) is 8.78 Å². The van der Waals surface area contributed by atoms with Gasteiger partial charge in [0.25, 0.3) is 5.92 Å². The molecule has 0 amide bonds. The molecule has 106 valence electrons. The summed E-state index contributed by atoms with van der Waals surface area (Å²) >= 11 is 0. The first-order valence-electron chi connectivity index (χ1n) is 6.67. The van der Waals surface area contributed by atoms with E-state index in [2.05, 4.69) is 0 Å². The molecule has 18 heavy (non-hydrogen) atoms. The molecule has 0 saturated heterocycles. The van der Waals surface area contributed by atoms with E-state index >= 15 is 0 Å². The molecule has 0 aromatic carbocycles. The summed E-state index contributed by atoms with van der Waals surface area (Å²) in [6.07, 6.45) is 6.90. The van der Waals surface area contributed by atoms with Crippen molar-refractivity contribution in [3.8, 4) is 0 Å². The summed E-state index contributed by atoms with van der Waals surface area (Å²) in [6, 6.07) is 0. The van der Waals surface area contributed by atoms with Crippen molar-refractivity contribution in [1.82, 2.24) is 0 Å². The van der Waals surface area contributed by atoms with Crippen molar-refractivity contribution < 1.29 is 18.3 Å². The molecular formula is C14H24F2O2. The normalized spacial score (nSPS) is 12.0. The first kappa shape index (κ1) is 17.1. The van der Waals surface area contributed by atoms with Crippen molar-refractivity contribution in [2.75, 3.05) is 6.61 Å². The quantitative estimate of drug-likeness (QED) is 0.329. The van der Waals surface area contributed by atoms with Crippen LogP contribution in [0.5, 0.6) is 0 Å². The van der Waals surface area contributed by atoms with Gasteiger partial charge in [0.15, 0.2) is 0 Å². The fourth-order valence-corrected chi connectivity index (χ4v) is 1.54. The number of ether oxygens (including phenoxy) is 1. The van der Waals surface area contributed by atoms with Gasteiger partial charge in [0.2, 0.25) is 0 Å². The molecule has 0 aliphatic rings. The van der Waals surface area contributed by atoms with Crippen LogP contribution in [-0.4, -0.2) is 18.5 Å². The summed E-state index contributed by atoms with van der Waals surface area (Å²) in [6.45, 7) is 3.72. The Labute approximate surface area is 108 Å². The van der Waals surface area contributed by atoms with Crippen LogP contribution in [0.1, 0.15) is 58.8 Å². The van der Waals surface area contributed by atoms with Crippen LogP contribution in [0, 0.1) is 0 Å². The van der Waals surface area contributed by atoms with Crippen molar-refractivity contribution in [3.63, 3.8) is 0 Å². The standard InChI is InChI=1S/C14H24F2O2/c1-3-4-7-10-14(15,16)11-8-5-6-9-12-18-13(2)17/h7,10H,3-6,8-9,11-12H2,1-2H3/b10-7+. The van der Waals surface area contributed by atoms with Gasteiger partial charge in [-0.2, -0.15) is 0 Å². The van der Waals surface area contributed by atoms with Gasteiger partial charge < -0.3 is 4.74 Å². The molecule has 2 nitrogen and oxygen atoms in total. The van der Waals surface area contributed by atoms with Crippen LogP contribution in [0.2, 0.25) is 0 Å². The second-order valence-electron chi connectivity index (χ2n) is 4.46. The zero-order valence-corrected chi connectivity index (χ0v) is 11.4. The van der Waals surface area contributed by atoms with E-state index in [4.69, 9.17) is 4.74 Å². The zero-order valence-electron chi connectivity index (χ0n) is 11.4. The lowest BCUT2D eigenvalue weighted by molar-refractivity contribution is -0.141. The first-order valence-corrected chi connectivity index (χ1v) is 6.67. The highest BCUT2D eigenvalue weighted by Crippen LogP contribution is 2.23. The van der Waals surface area contributed by atoms with E-state index in [1.54, 1.807) is 6.08 Å². The van der Waals surface area contributed by atoms with Crippen LogP contribution in [0.3, 0.4) is 0 Å². The zero-order chi connectivity index (χ0) is 13.9. The van der Waals surface area contributed by atoms with Crippen molar-refractivity contribution >= 4 is 5.97 Å². The SMILES string of the molecule is CCC/C=C/C(F)(F)CCCCCCOC(C)=O. The van der Waals surface area contributed by atoms with Gasteiger partial charge in [0.1, 0.15) is 0 Å². The smallest absolute Gasteiger partial charge is 0.302 e. The summed E-state index contributed by atoms with van der Waals surface area (Å²) < 4.78 is 31.3. The average molecular weight is 262 g/mol. The minimum absolute atomic E-state index is 0.0964. The lowest BCUT2D eigenvalue weighted by atomic mass is 10.1.